The van der Waals surface area contributed by atoms with Crippen LogP contribution in [-0.2, 0) is 4.79 Å². The van der Waals surface area contributed by atoms with Crippen LogP contribution in [0.3, 0.4) is 0 Å². The Morgan fingerprint density at radius 2 is 2.25 bits per heavy atom. The number of hydrogen-bond donors (Lipinski definition) is 2. The smallest absolute Gasteiger partial charge is 0.279 e. The van der Waals surface area contributed by atoms with Crippen molar-refractivity contribution < 1.29 is 14.5 Å². The molecular formula is C15H18BrN2O2+. The molecule has 1 aromatic carbocycles. The highest BCUT2D eigenvalue weighted by molar-refractivity contribution is 9.10. The van der Waals surface area contributed by atoms with Gasteiger partial charge in [-0.3, -0.25) is 4.79 Å². The molecule has 0 radical (unpaired) electrons. The fraction of sp³-hybridized carbons (Fsp3) is 0.267. The van der Waals surface area contributed by atoms with Crippen LogP contribution in [0, 0.1) is 6.92 Å². The zero-order valence-corrected chi connectivity index (χ0v) is 13.1. The maximum atomic E-state index is 11.9. The third-order valence-electron chi connectivity index (χ3n) is 3.10. The average molecular weight is 338 g/mol. The van der Waals surface area contributed by atoms with Crippen LogP contribution >= 0.6 is 15.9 Å². The van der Waals surface area contributed by atoms with Gasteiger partial charge in [0.2, 0.25) is 0 Å². The van der Waals surface area contributed by atoms with Crippen LogP contribution in [0.25, 0.3) is 0 Å². The Hall–Kier alpha value is -1.59. The molecule has 106 valence electrons. The summed E-state index contributed by atoms with van der Waals surface area (Å²) in [5, 5.41) is 4.82. The first-order valence-corrected chi connectivity index (χ1v) is 7.28. The molecule has 2 aromatic rings. The lowest BCUT2D eigenvalue weighted by atomic mass is 10.2. The maximum absolute atomic E-state index is 11.9. The molecule has 0 aliphatic heterocycles. The molecule has 5 heteroatoms. The quantitative estimate of drug-likeness (QED) is 0.880. The molecule has 4 nitrogen and oxygen atoms in total. The number of nitrogens with one attached hydrogen (secondary N) is 1. The van der Waals surface area contributed by atoms with E-state index in [0.717, 1.165) is 21.5 Å². The molecule has 1 atom stereocenters. The van der Waals surface area contributed by atoms with Crippen LogP contribution in [0.5, 0.6) is 0 Å². The fourth-order valence-corrected chi connectivity index (χ4v) is 2.21. The molecule has 20 heavy (non-hydrogen) atoms. The number of carbonyl (C=O) groups excluding carboxylic acids is 1. The number of quaternary nitrogens is 1. The number of nitrogens with two attached hydrogens (primary N) is 1. The molecule has 0 bridgehead atoms. The van der Waals surface area contributed by atoms with E-state index in [4.69, 9.17) is 4.42 Å². The number of amides is 1. The number of aryl methyl sites for hydroxylation is 1. The number of benzene rings is 1. The summed E-state index contributed by atoms with van der Waals surface area (Å²) < 4.78 is 6.29. The predicted molar refractivity (Wildman–Crippen MR) is 81.4 cm³/mol. The van der Waals surface area contributed by atoms with E-state index >= 15 is 0 Å². The van der Waals surface area contributed by atoms with Crippen LogP contribution in [0.2, 0.25) is 0 Å². The van der Waals surface area contributed by atoms with Crippen molar-refractivity contribution in [2.75, 3.05) is 11.9 Å². The number of furan rings is 1. The Morgan fingerprint density at radius 1 is 1.45 bits per heavy atom. The molecule has 1 aromatic heterocycles. The molecule has 0 saturated carbocycles. The van der Waals surface area contributed by atoms with E-state index in [-0.39, 0.29) is 11.9 Å². The van der Waals surface area contributed by atoms with Gasteiger partial charge >= 0.3 is 0 Å². The van der Waals surface area contributed by atoms with E-state index in [1.165, 1.54) is 0 Å². The van der Waals surface area contributed by atoms with E-state index in [9.17, 15) is 4.79 Å². The zero-order chi connectivity index (χ0) is 14.5. The standard InChI is InChI=1S/C15H17BrN2O2/c1-10-5-6-12(8-13(10)16)18-15(19)9-17-11(2)14-4-3-7-20-14/h3-8,11,17H,9H2,1-2H3,(H,18,19)/p+1/t11-/m0/s1. The number of anilines is 1. The maximum Gasteiger partial charge on any atom is 0.279 e. The Kier molecular flexibility index (Phi) is 4.98. The van der Waals surface area contributed by atoms with Gasteiger partial charge in [-0.2, -0.15) is 0 Å². The highest BCUT2D eigenvalue weighted by Gasteiger charge is 2.13. The van der Waals surface area contributed by atoms with Crippen molar-refractivity contribution in [2.24, 2.45) is 0 Å². The van der Waals surface area contributed by atoms with Crippen LogP contribution in [0.15, 0.2) is 45.5 Å². The number of halogens is 1. The number of carbonyl (C=O) groups is 1. The first kappa shape index (κ1) is 14.8. The molecule has 0 spiro atoms. The number of rotatable bonds is 5. The summed E-state index contributed by atoms with van der Waals surface area (Å²) in [5.41, 5.74) is 1.94. The lowest BCUT2D eigenvalue weighted by Crippen LogP contribution is -2.86. The van der Waals surface area contributed by atoms with Crippen LogP contribution in [-0.4, -0.2) is 12.5 Å². The normalized spacial score (nSPS) is 12.2. The van der Waals surface area contributed by atoms with Crippen molar-refractivity contribution in [2.45, 2.75) is 19.9 Å². The molecule has 0 unspecified atom stereocenters. The van der Waals surface area contributed by atoms with Crippen molar-refractivity contribution >= 4 is 27.5 Å². The summed E-state index contributed by atoms with van der Waals surface area (Å²) in [5.74, 6) is 0.843. The van der Waals surface area contributed by atoms with Crippen molar-refractivity contribution in [1.29, 1.82) is 0 Å². The SMILES string of the molecule is Cc1ccc(NC(=O)C[NH2+][C@@H](C)c2ccco2)cc1Br. The first-order valence-electron chi connectivity index (χ1n) is 6.49. The minimum absolute atomic E-state index is 0.0286. The summed E-state index contributed by atoms with van der Waals surface area (Å²) in [6.45, 7) is 4.37. The van der Waals surface area contributed by atoms with Crippen molar-refractivity contribution in [3.8, 4) is 0 Å². The summed E-state index contributed by atoms with van der Waals surface area (Å²) in [6.07, 6.45) is 1.64. The zero-order valence-electron chi connectivity index (χ0n) is 11.5. The Labute approximate surface area is 126 Å². The minimum atomic E-state index is -0.0286. The largest absolute Gasteiger partial charge is 0.463 e. The Morgan fingerprint density at radius 3 is 2.90 bits per heavy atom. The van der Waals surface area contributed by atoms with Gasteiger partial charge in [0.25, 0.3) is 5.91 Å². The third kappa shape index (κ3) is 3.95. The second-order valence-corrected chi connectivity index (χ2v) is 5.61. The second kappa shape index (κ2) is 6.72. The van der Waals surface area contributed by atoms with Gasteiger partial charge in [0, 0.05) is 10.2 Å². The molecule has 0 aliphatic rings. The van der Waals surface area contributed by atoms with E-state index in [0.29, 0.717) is 6.54 Å². The predicted octanol–water partition coefficient (Wildman–Crippen LogP) is 2.61. The van der Waals surface area contributed by atoms with Crippen molar-refractivity contribution in [3.63, 3.8) is 0 Å². The fourth-order valence-electron chi connectivity index (χ4n) is 1.83. The van der Waals surface area contributed by atoms with Gasteiger partial charge in [0.05, 0.1) is 6.26 Å². The van der Waals surface area contributed by atoms with E-state index < -0.39 is 0 Å². The lowest BCUT2D eigenvalue weighted by molar-refractivity contribution is -0.684. The summed E-state index contributed by atoms with van der Waals surface area (Å²) in [6, 6.07) is 9.66. The van der Waals surface area contributed by atoms with Gasteiger partial charge in [-0.1, -0.05) is 22.0 Å². The van der Waals surface area contributed by atoms with Crippen LogP contribution in [0.4, 0.5) is 5.69 Å². The molecule has 1 amide bonds. The average Bonchev–Trinajstić information content (AvgIpc) is 2.94. The minimum Gasteiger partial charge on any atom is -0.463 e. The lowest BCUT2D eigenvalue weighted by Gasteiger charge is -2.09. The summed E-state index contributed by atoms with van der Waals surface area (Å²) in [4.78, 5) is 11.9. The van der Waals surface area contributed by atoms with Gasteiger partial charge < -0.3 is 15.1 Å². The Bertz CT molecular complexity index is 582. The first-order chi connectivity index (χ1) is 9.56. The van der Waals surface area contributed by atoms with Crippen LogP contribution < -0.4 is 10.6 Å². The van der Waals surface area contributed by atoms with Gasteiger partial charge in [-0.15, -0.1) is 0 Å². The van der Waals surface area contributed by atoms with Gasteiger partial charge in [-0.05, 0) is 43.7 Å². The van der Waals surface area contributed by atoms with E-state index in [1.807, 2.05) is 49.5 Å². The van der Waals surface area contributed by atoms with E-state index in [2.05, 4.69) is 21.2 Å². The molecule has 1 heterocycles. The molecule has 2 rings (SSSR count). The third-order valence-corrected chi connectivity index (χ3v) is 3.96. The molecule has 0 fully saturated rings. The van der Waals surface area contributed by atoms with Gasteiger partial charge in [-0.25, -0.2) is 0 Å². The van der Waals surface area contributed by atoms with Crippen molar-refractivity contribution in [1.82, 2.24) is 0 Å². The van der Waals surface area contributed by atoms with Gasteiger partial charge in [0.1, 0.15) is 6.04 Å². The molecule has 3 N–H and O–H groups in total. The van der Waals surface area contributed by atoms with Crippen molar-refractivity contribution in [3.05, 3.63) is 52.4 Å². The number of hydrogen-bond acceptors (Lipinski definition) is 2. The molecule has 0 saturated heterocycles. The molecular weight excluding hydrogens is 320 g/mol. The highest BCUT2D eigenvalue weighted by atomic mass is 79.9. The van der Waals surface area contributed by atoms with Gasteiger partial charge in [0.15, 0.2) is 12.3 Å². The molecule has 0 aliphatic carbocycles. The van der Waals surface area contributed by atoms with E-state index in [1.54, 1.807) is 6.26 Å². The summed E-state index contributed by atoms with van der Waals surface area (Å²) in [7, 11) is 0. The topological polar surface area (TPSA) is 58.9 Å². The summed E-state index contributed by atoms with van der Waals surface area (Å²) >= 11 is 3.45. The van der Waals surface area contributed by atoms with Crippen LogP contribution in [0.1, 0.15) is 24.3 Å². The highest BCUT2D eigenvalue weighted by Crippen LogP contribution is 2.20. The second-order valence-electron chi connectivity index (χ2n) is 4.76. The Balaban J connectivity index is 1.85. The monoisotopic (exact) mass is 337 g/mol.